The van der Waals surface area contributed by atoms with Crippen molar-refractivity contribution in [1.29, 1.82) is 0 Å². The van der Waals surface area contributed by atoms with Crippen LogP contribution in [0.2, 0.25) is 0 Å². The first kappa shape index (κ1) is 26.7. The first-order valence-corrected chi connectivity index (χ1v) is 11.7. The van der Waals surface area contributed by atoms with E-state index in [2.05, 4.69) is 17.6 Å². The summed E-state index contributed by atoms with van der Waals surface area (Å²) in [7, 11) is 0. The highest BCUT2D eigenvalue weighted by molar-refractivity contribution is 6.05. The van der Waals surface area contributed by atoms with Crippen LogP contribution >= 0.6 is 0 Å². The summed E-state index contributed by atoms with van der Waals surface area (Å²) in [5.74, 6) is -2.11. The Labute approximate surface area is 200 Å². The molecule has 0 saturated carbocycles. The molecule has 0 aliphatic rings. The third-order valence-corrected chi connectivity index (χ3v) is 5.17. The van der Waals surface area contributed by atoms with Gasteiger partial charge in [0.15, 0.2) is 5.92 Å². The molecule has 0 aliphatic heterocycles. The van der Waals surface area contributed by atoms with Crippen molar-refractivity contribution in [3.05, 3.63) is 60.2 Å². The van der Waals surface area contributed by atoms with E-state index < -0.39 is 30.4 Å². The number of ether oxygens (including phenoxy) is 2. The number of amides is 2. The molecule has 0 aliphatic carbocycles. The average Bonchev–Trinajstić information content (AvgIpc) is 2.83. The molecule has 0 saturated heterocycles. The maximum Gasteiger partial charge on any atom is 0.404 e. The second-order valence-corrected chi connectivity index (χ2v) is 7.96. The van der Waals surface area contributed by atoms with Gasteiger partial charge in [0.2, 0.25) is 5.91 Å². The number of unbranched alkanes of at least 4 members (excludes halogenated alkanes) is 5. The lowest BCUT2D eigenvalue weighted by molar-refractivity contribution is -0.152. The van der Waals surface area contributed by atoms with Crippen LogP contribution in [-0.4, -0.2) is 36.2 Å². The van der Waals surface area contributed by atoms with Gasteiger partial charge < -0.3 is 25.2 Å². The summed E-state index contributed by atoms with van der Waals surface area (Å²) in [6, 6.07) is 15.8. The molecule has 0 fully saturated rings. The van der Waals surface area contributed by atoms with Crippen molar-refractivity contribution in [1.82, 2.24) is 5.32 Å². The highest BCUT2D eigenvalue weighted by Crippen LogP contribution is 2.18. The van der Waals surface area contributed by atoms with Crippen molar-refractivity contribution in [2.75, 3.05) is 18.5 Å². The van der Waals surface area contributed by atoms with Gasteiger partial charge in [-0.2, -0.15) is 0 Å². The lowest BCUT2D eigenvalue weighted by atomic mass is 10.1. The minimum Gasteiger partial charge on any atom is -0.494 e. The van der Waals surface area contributed by atoms with Crippen LogP contribution in [0.5, 0.6) is 5.75 Å². The van der Waals surface area contributed by atoms with Gasteiger partial charge in [-0.15, -0.1) is 0 Å². The molecule has 34 heavy (non-hydrogen) atoms. The normalized spacial score (nSPS) is 11.3. The van der Waals surface area contributed by atoms with Gasteiger partial charge in [0.05, 0.1) is 6.61 Å². The van der Waals surface area contributed by atoms with Crippen LogP contribution in [0, 0.1) is 5.92 Å². The molecule has 2 aromatic carbocycles. The van der Waals surface area contributed by atoms with E-state index in [0.29, 0.717) is 18.0 Å². The van der Waals surface area contributed by atoms with E-state index in [1.165, 1.54) is 25.7 Å². The van der Waals surface area contributed by atoms with Crippen molar-refractivity contribution in [2.24, 2.45) is 5.92 Å². The van der Waals surface area contributed by atoms with Crippen LogP contribution in [0.1, 0.15) is 51.0 Å². The third kappa shape index (κ3) is 10.4. The van der Waals surface area contributed by atoms with Crippen molar-refractivity contribution in [2.45, 2.75) is 52.1 Å². The summed E-state index contributed by atoms with van der Waals surface area (Å²) in [6.45, 7) is 2.42. The second-order valence-electron chi connectivity index (χ2n) is 7.96. The number of carbonyl (C=O) groups is 3. The molecule has 0 heterocycles. The zero-order valence-corrected chi connectivity index (χ0v) is 19.6. The van der Waals surface area contributed by atoms with Crippen molar-refractivity contribution >= 4 is 23.7 Å². The zero-order chi connectivity index (χ0) is 24.6. The molecule has 3 N–H and O–H groups in total. The molecule has 8 nitrogen and oxygen atoms in total. The standard InChI is InChI=1S/C26H34N2O6/c1-2-3-4-5-6-10-17-33-22-15-13-21(14-16-22)28-24(29)23(18-27-26(31)32)25(30)34-19-20-11-8-7-9-12-20/h7-9,11-16,23,27H,2-6,10,17-19H2,1H3,(H,28,29)(H,31,32)/t23-/m0/s1. The molecule has 8 heteroatoms. The minimum atomic E-state index is -1.33. The highest BCUT2D eigenvalue weighted by Gasteiger charge is 2.29. The predicted molar refractivity (Wildman–Crippen MR) is 130 cm³/mol. The summed E-state index contributed by atoms with van der Waals surface area (Å²) in [5, 5.41) is 13.6. The summed E-state index contributed by atoms with van der Waals surface area (Å²) >= 11 is 0. The number of hydrogen-bond acceptors (Lipinski definition) is 5. The lowest BCUT2D eigenvalue weighted by Gasteiger charge is -2.16. The molecule has 2 rings (SSSR count). The van der Waals surface area contributed by atoms with E-state index in [-0.39, 0.29) is 6.61 Å². The predicted octanol–water partition coefficient (Wildman–Crippen LogP) is 4.99. The molecule has 1 atom stereocenters. The SMILES string of the molecule is CCCCCCCCOc1ccc(NC(=O)[C@H](CNC(=O)O)C(=O)OCc2ccccc2)cc1. The van der Waals surface area contributed by atoms with E-state index in [1.54, 1.807) is 48.5 Å². The van der Waals surface area contributed by atoms with Gasteiger partial charge >= 0.3 is 12.1 Å². The molecule has 0 unspecified atom stereocenters. The topological polar surface area (TPSA) is 114 Å². The van der Waals surface area contributed by atoms with E-state index in [9.17, 15) is 14.4 Å². The van der Waals surface area contributed by atoms with Gasteiger partial charge in [-0.05, 0) is 36.2 Å². The maximum atomic E-state index is 12.7. The lowest BCUT2D eigenvalue weighted by Crippen LogP contribution is -2.40. The molecule has 184 valence electrons. The number of carbonyl (C=O) groups excluding carboxylic acids is 2. The largest absolute Gasteiger partial charge is 0.494 e. The van der Waals surface area contributed by atoms with Crippen molar-refractivity contribution in [3.63, 3.8) is 0 Å². The maximum absolute atomic E-state index is 12.7. The van der Waals surface area contributed by atoms with Crippen LogP contribution < -0.4 is 15.4 Å². The number of carboxylic acid groups (broad SMARTS) is 1. The van der Waals surface area contributed by atoms with Crippen LogP contribution in [0.25, 0.3) is 0 Å². The molecule has 2 amide bonds. The van der Waals surface area contributed by atoms with Gasteiger partial charge in [0.25, 0.3) is 0 Å². The summed E-state index contributed by atoms with van der Waals surface area (Å²) in [5.41, 5.74) is 1.23. The Hall–Kier alpha value is -3.55. The summed E-state index contributed by atoms with van der Waals surface area (Å²) < 4.78 is 11.0. The van der Waals surface area contributed by atoms with Gasteiger partial charge in [-0.1, -0.05) is 69.4 Å². The second kappa shape index (κ2) is 15.3. The van der Waals surface area contributed by atoms with E-state index >= 15 is 0 Å². The fourth-order valence-corrected chi connectivity index (χ4v) is 3.24. The van der Waals surface area contributed by atoms with Crippen LogP contribution in [-0.2, 0) is 20.9 Å². The number of anilines is 1. The number of nitrogens with one attached hydrogen (secondary N) is 2. The van der Waals surface area contributed by atoms with Crippen LogP contribution in [0.4, 0.5) is 10.5 Å². The van der Waals surface area contributed by atoms with E-state index in [0.717, 1.165) is 18.4 Å². The van der Waals surface area contributed by atoms with E-state index in [1.807, 2.05) is 6.07 Å². The summed E-state index contributed by atoms with van der Waals surface area (Å²) in [4.78, 5) is 36.1. The number of benzene rings is 2. The van der Waals surface area contributed by atoms with Gasteiger partial charge in [-0.3, -0.25) is 9.59 Å². The first-order chi connectivity index (χ1) is 16.5. The number of esters is 1. The van der Waals surface area contributed by atoms with Crippen molar-refractivity contribution in [3.8, 4) is 5.75 Å². The minimum absolute atomic E-state index is 0.0127. The molecule has 0 aromatic heterocycles. The Balaban J connectivity index is 1.85. The third-order valence-electron chi connectivity index (χ3n) is 5.17. The zero-order valence-electron chi connectivity index (χ0n) is 19.6. The molecular weight excluding hydrogens is 436 g/mol. The highest BCUT2D eigenvalue weighted by atomic mass is 16.5. The molecule has 0 radical (unpaired) electrons. The van der Waals surface area contributed by atoms with Crippen LogP contribution in [0.15, 0.2) is 54.6 Å². The average molecular weight is 471 g/mol. The smallest absolute Gasteiger partial charge is 0.404 e. The Morgan fingerprint density at radius 2 is 1.59 bits per heavy atom. The number of rotatable bonds is 15. The quantitative estimate of drug-likeness (QED) is 0.192. The van der Waals surface area contributed by atoms with Crippen molar-refractivity contribution < 1.29 is 29.0 Å². The Morgan fingerprint density at radius 1 is 0.912 bits per heavy atom. The molecule has 0 bridgehead atoms. The van der Waals surface area contributed by atoms with Crippen LogP contribution in [0.3, 0.4) is 0 Å². The fourth-order valence-electron chi connectivity index (χ4n) is 3.24. The van der Waals surface area contributed by atoms with Gasteiger partial charge in [0, 0.05) is 12.2 Å². The van der Waals surface area contributed by atoms with Gasteiger partial charge in [-0.25, -0.2) is 4.79 Å². The fraction of sp³-hybridized carbons (Fsp3) is 0.423. The van der Waals surface area contributed by atoms with E-state index in [4.69, 9.17) is 14.6 Å². The first-order valence-electron chi connectivity index (χ1n) is 11.7. The molecule has 0 spiro atoms. The number of hydrogen-bond donors (Lipinski definition) is 3. The Kier molecular flexibility index (Phi) is 12.0. The summed E-state index contributed by atoms with van der Waals surface area (Å²) in [6.07, 6.45) is 5.77. The molecule has 2 aromatic rings. The Morgan fingerprint density at radius 3 is 2.26 bits per heavy atom. The van der Waals surface area contributed by atoms with Gasteiger partial charge in [0.1, 0.15) is 12.4 Å². The Bertz CT molecular complexity index is 886. The molecular formula is C26H34N2O6. The monoisotopic (exact) mass is 470 g/mol.